The van der Waals surface area contributed by atoms with E-state index in [2.05, 4.69) is 17.6 Å². The highest BCUT2D eigenvalue weighted by molar-refractivity contribution is 5.81. The van der Waals surface area contributed by atoms with E-state index in [-0.39, 0.29) is 11.3 Å². The highest BCUT2D eigenvalue weighted by Gasteiger charge is 2.24. The minimum absolute atomic E-state index is 0.146. The van der Waals surface area contributed by atoms with E-state index in [4.69, 9.17) is 0 Å². The van der Waals surface area contributed by atoms with E-state index in [0.29, 0.717) is 0 Å². The summed E-state index contributed by atoms with van der Waals surface area (Å²) in [6, 6.07) is 0. The van der Waals surface area contributed by atoms with E-state index < -0.39 is 0 Å². The number of amides is 1. The maximum Gasteiger partial charge on any atom is 0.225 e. The number of carbonyl (C=O) groups is 1. The van der Waals surface area contributed by atoms with Crippen molar-refractivity contribution in [3.05, 3.63) is 0 Å². The Morgan fingerprint density at radius 1 is 1.23 bits per heavy atom. The van der Waals surface area contributed by atoms with Crippen molar-refractivity contribution in [2.75, 3.05) is 19.6 Å². The van der Waals surface area contributed by atoms with Gasteiger partial charge in [0.25, 0.3) is 0 Å². The number of likely N-dealkylation sites (N-methyl/N-ethyl adjacent to an activating group) is 1. The summed E-state index contributed by atoms with van der Waals surface area (Å²) in [7, 11) is 0. The Morgan fingerprint density at radius 2 is 1.85 bits per heavy atom. The van der Waals surface area contributed by atoms with E-state index in [1.165, 1.54) is 0 Å². The SMILES string of the molecule is CCNCCNC(=O)C(C)(C)CC. The number of hydrogen-bond acceptors (Lipinski definition) is 2. The fraction of sp³-hybridized carbons (Fsp3) is 0.900. The first-order valence-corrected chi connectivity index (χ1v) is 5.03. The van der Waals surface area contributed by atoms with E-state index in [0.717, 1.165) is 26.1 Å². The first kappa shape index (κ1) is 12.4. The summed E-state index contributed by atoms with van der Waals surface area (Å²) < 4.78 is 0. The molecule has 0 aliphatic carbocycles. The molecule has 0 aromatic heterocycles. The Labute approximate surface area is 81.3 Å². The van der Waals surface area contributed by atoms with E-state index in [1.54, 1.807) is 0 Å². The third-order valence-electron chi connectivity index (χ3n) is 2.34. The second kappa shape index (κ2) is 5.97. The predicted octanol–water partition coefficient (Wildman–Crippen LogP) is 1.15. The normalized spacial score (nSPS) is 11.4. The topological polar surface area (TPSA) is 41.1 Å². The standard InChI is InChI=1S/C10H22N2O/c1-5-10(3,4)9(13)12-8-7-11-6-2/h11H,5-8H2,1-4H3,(H,12,13). The van der Waals surface area contributed by atoms with Crippen LogP contribution in [-0.4, -0.2) is 25.5 Å². The average Bonchev–Trinajstić information content (AvgIpc) is 2.12. The van der Waals surface area contributed by atoms with Crippen molar-refractivity contribution in [1.29, 1.82) is 0 Å². The van der Waals surface area contributed by atoms with E-state index in [1.807, 2.05) is 20.8 Å². The predicted molar refractivity (Wildman–Crippen MR) is 55.6 cm³/mol. The van der Waals surface area contributed by atoms with Crippen LogP contribution < -0.4 is 10.6 Å². The van der Waals surface area contributed by atoms with Crippen molar-refractivity contribution in [2.24, 2.45) is 5.41 Å². The van der Waals surface area contributed by atoms with Gasteiger partial charge >= 0.3 is 0 Å². The van der Waals surface area contributed by atoms with Gasteiger partial charge in [-0.3, -0.25) is 4.79 Å². The third kappa shape index (κ3) is 4.88. The van der Waals surface area contributed by atoms with Crippen molar-refractivity contribution < 1.29 is 4.79 Å². The summed E-state index contributed by atoms with van der Waals surface area (Å²) >= 11 is 0. The van der Waals surface area contributed by atoms with Gasteiger partial charge in [-0.15, -0.1) is 0 Å². The molecule has 0 bridgehead atoms. The molecule has 0 spiro atoms. The van der Waals surface area contributed by atoms with Gasteiger partial charge in [-0.1, -0.05) is 27.7 Å². The summed E-state index contributed by atoms with van der Waals surface area (Å²) in [6.45, 7) is 10.5. The zero-order chi connectivity index (χ0) is 10.3. The Kier molecular flexibility index (Phi) is 5.71. The van der Waals surface area contributed by atoms with Gasteiger partial charge in [-0.25, -0.2) is 0 Å². The lowest BCUT2D eigenvalue weighted by atomic mass is 9.89. The summed E-state index contributed by atoms with van der Waals surface area (Å²) in [6.07, 6.45) is 0.875. The van der Waals surface area contributed by atoms with Crippen molar-refractivity contribution in [1.82, 2.24) is 10.6 Å². The molecular weight excluding hydrogens is 164 g/mol. The minimum atomic E-state index is -0.230. The van der Waals surface area contributed by atoms with Gasteiger partial charge in [-0.05, 0) is 13.0 Å². The van der Waals surface area contributed by atoms with Crippen LogP contribution in [0, 0.1) is 5.41 Å². The number of carbonyl (C=O) groups excluding carboxylic acids is 1. The van der Waals surface area contributed by atoms with Crippen molar-refractivity contribution in [2.45, 2.75) is 34.1 Å². The molecule has 3 nitrogen and oxygen atoms in total. The van der Waals surface area contributed by atoms with Crippen molar-refractivity contribution >= 4 is 5.91 Å². The molecule has 0 fully saturated rings. The summed E-state index contributed by atoms with van der Waals surface area (Å²) in [5, 5.41) is 6.07. The molecule has 0 aromatic carbocycles. The van der Waals surface area contributed by atoms with Crippen LogP contribution in [0.3, 0.4) is 0 Å². The lowest BCUT2D eigenvalue weighted by Crippen LogP contribution is -2.39. The Balaban J connectivity index is 3.62. The van der Waals surface area contributed by atoms with Crippen LogP contribution >= 0.6 is 0 Å². The molecule has 78 valence electrons. The van der Waals surface area contributed by atoms with Gasteiger partial charge in [0, 0.05) is 18.5 Å². The molecule has 0 rings (SSSR count). The monoisotopic (exact) mass is 186 g/mol. The smallest absolute Gasteiger partial charge is 0.225 e. The molecule has 0 saturated heterocycles. The quantitative estimate of drug-likeness (QED) is 0.611. The Morgan fingerprint density at radius 3 is 2.31 bits per heavy atom. The van der Waals surface area contributed by atoms with Gasteiger partial charge in [0.05, 0.1) is 0 Å². The maximum atomic E-state index is 11.5. The molecule has 0 atom stereocenters. The summed E-state index contributed by atoms with van der Waals surface area (Å²) in [4.78, 5) is 11.5. The molecule has 2 N–H and O–H groups in total. The van der Waals surface area contributed by atoms with Gasteiger partial charge in [0.2, 0.25) is 5.91 Å². The second-order valence-corrected chi connectivity index (χ2v) is 3.85. The van der Waals surface area contributed by atoms with Crippen molar-refractivity contribution in [3.8, 4) is 0 Å². The maximum absolute atomic E-state index is 11.5. The average molecular weight is 186 g/mol. The summed E-state index contributed by atoms with van der Waals surface area (Å²) in [5.41, 5.74) is -0.230. The van der Waals surface area contributed by atoms with Crippen LogP contribution in [0.5, 0.6) is 0 Å². The molecule has 0 radical (unpaired) electrons. The molecule has 0 aliphatic heterocycles. The second-order valence-electron chi connectivity index (χ2n) is 3.85. The minimum Gasteiger partial charge on any atom is -0.354 e. The molecule has 3 heteroatoms. The molecule has 0 heterocycles. The first-order valence-electron chi connectivity index (χ1n) is 5.03. The molecule has 0 unspecified atom stereocenters. The lowest BCUT2D eigenvalue weighted by Gasteiger charge is -2.21. The van der Waals surface area contributed by atoms with Gasteiger partial charge in [-0.2, -0.15) is 0 Å². The zero-order valence-electron chi connectivity index (χ0n) is 9.24. The fourth-order valence-electron chi connectivity index (χ4n) is 0.841. The number of rotatable bonds is 6. The fourth-order valence-corrected chi connectivity index (χ4v) is 0.841. The Hall–Kier alpha value is -0.570. The Bertz CT molecular complexity index is 155. The summed E-state index contributed by atoms with van der Waals surface area (Å²) in [5.74, 6) is 0.146. The van der Waals surface area contributed by atoms with Crippen LogP contribution in [0.4, 0.5) is 0 Å². The largest absolute Gasteiger partial charge is 0.354 e. The van der Waals surface area contributed by atoms with Gasteiger partial charge in [0.15, 0.2) is 0 Å². The molecule has 0 saturated carbocycles. The number of nitrogens with one attached hydrogen (secondary N) is 2. The first-order chi connectivity index (χ1) is 6.04. The molecule has 0 aliphatic rings. The van der Waals surface area contributed by atoms with Crippen molar-refractivity contribution in [3.63, 3.8) is 0 Å². The van der Waals surface area contributed by atoms with Crippen LogP contribution in [0.25, 0.3) is 0 Å². The van der Waals surface area contributed by atoms with Crippen LogP contribution in [0.15, 0.2) is 0 Å². The molecule has 13 heavy (non-hydrogen) atoms. The third-order valence-corrected chi connectivity index (χ3v) is 2.34. The highest BCUT2D eigenvalue weighted by atomic mass is 16.2. The molecular formula is C10H22N2O. The van der Waals surface area contributed by atoms with E-state index >= 15 is 0 Å². The molecule has 1 amide bonds. The van der Waals surface area contributed by atoms with Crippen LogP contribution in [0.1, 0.15) is 34.1 Å². The highest BCUT2D eigenvalue weighted by Crippen LogP contribution is 2.18. The van der Waals surface area contributed by atoms with E-state index in [9.17, 15) is 4.79 Å². The molecule has 0 aromatic rings. The number of hydrogen-bond donors (Lipinski definition) is 2. The van der Waals surface area contributed by atoms with Gasteiger partial charge < -0.3 is 10.6 Å². The zero-order valence-corrected chi connectivity index (χ0v) is 9.24. The van der Waals surface area contributed by atoms with Gasteiger partial charge in [0.1, 0.15) is 0 Å². The lowest BCUT2D eigenvalue weighted by molar-refractivity contribution is -0.129. The van der Waals surface area contributed by atoms with Crippen LogP contribution in [-0.2, 0) is 4.79 Å². The van der Waals surface area contributed by atoms with Crippen LogP contribution in [0.2, 0.25) is 0 Å².